The molecule has 1 fully saturated rings. The molecule has 0 spiro atoms. The lowest BCUT2D eigenvalue weighted by Crippen LogP contribution is -2.53. The average molecular weight is 427 g/mol. The first-order valence-corrected chi connectivity index (χ1v) is 10.6. The Morgan fingerprint density at radius 1 is 1.35 bits per heavy atom. The number of carbonyl (C=O) groups is 2. The molecule has 1 aliphatic carbocycles. The monoisotopic (exact) mass is 426 g/mol. The van der Waals surface area contributed by atoms with Gasteiger partial charge < -0.3 is 10.4 Å². The number of carbonyl (C=O) groups excluding carboxylic acids is 2. The van der Waals surface area contributed by atoms with Crippen LogP contribution >= 0.6 is 0 Å². The third kappa shape index (κ3) is 4.57. The average Bonchev–Trinajstić information content (AvgIpc) is 3.41. The molecule has 3 heterocycles. The molecule has 2 atom stereocenters. The summed E-state index contributed by atoms with van der Waals surface area (Å²) in [5.74, 6) is -0.906. The van der Waals surface area contributed by atoms with Crippen molar-refractivity contribution in [3.8, 4) is 0 Å². The van der Waals surface area contributed by atoms with E-state index in [0.717, 1.165) is 18.5 Å². The Balaban J connectivity index is 1.61. The van der Waals surface area contributed by atoms with Crippen molar-refractivity contribution >= 4 is 11.8 Å². The second kappa shape index (κ2) is 7.97. The fraction of sp³-hybridized carbons (Fsp3) is 0.500. The van der Waals surface area contributed by atoms with Crippen LogP contribution in [0.3, 0.4) is 0 Å². The van der Waals surface area contributed by atoms with Gasteiger partial charge in [0.15, 0.2) is 5.57 Å². The minimum atomic E-state index is -0.539. The molecule has 2 aliphatic heterocycles. The highest BCUT2D eigenvalue weighted by Gasteiger charge is 2.45. The van der Waals surface area contributed by atoms with E-state index in [4.69, 9.17) is 0 Å². The van der Waals surface area contributed by atoms with Gasteiger partial charge in [0, 0.05) is 24.8 Å². The molecule has 31 heavy (non-hydrogen) atoms. The largest absolute Gasteiger partial charge is 0.493 e. The molecule has 0 aromatic carbocycles. The van der Waals surface area contributed by atoms with Crippen molar-refractivity contribution in [2.24, 2.45) is 5.41 Å². The van der Waals surface area contributed by atoms with E-state index in [1.54, 1.807) is 11.1 Å². The van der Waals surface area contributed by atoms with Gasteiger partial charge in [-0.15, -0.1) is 0 Å². The Labute approximate surface area is 182 Å². The summed E-state index contributed by atoms with van der Waals surface area (Å²) in [5, 5.41) is 18.5. The van der Waals surface area contributed by atoms with E-state index in [-0.39, 0.29) is 35.1 Å². The van der Waals surface area contributed by atoms with Crippen LogP contribution in [0.15, 0.2) is 47.7 Å². The van der Waals surface area contributed by atoms with Crippen molar-refractivity contribution in [2.45, 2.75) is 58.8 Å². The first-order chi connectivity index (χ1) is 14.6. The molecule has 2 unspecified atom stereocenters. The zero-order valence-electron chi connectivity index (χ0n) is 18.3. The minimum Gasteiger partial charge on any atom is -0.493 e. The highest BCUT2D eigenvalue weighted by atomic mass is 16.3. The number of amides is 2. The van der Waals surface area contributed by atoms with E-state index >= 15 is 0 Å². The summed E-state index contributed by atoms with van der Waals surface area (Å²) >= 11 is 0. The van der Waals surface area contributed by atoms with Gasteiger partial charge >= 0.3 is 0 Å². The molecule has 0 bridgehead atoms. The standard InChI is InChI=1S/C22H30N6O3/c1-13(15-7-5-6-10-23-15)24-16-11-17-27(12-22(2,3)4)20(30)18(21(31)28(17)26-16)19(29)25-14-8-9-14/h5-7,10-11,13-14,16,24,26,31H,8-9,12H2,1-4H3,(H,25,29). The Kier molecular flexibility index (Phi) is 5.49. The fourth-order valence-corrected chi connectivity index (χ4v) is 3.68. The van der Waals surface area contributed by atoms with E-state index in [2.05, 4.69) is 21.0 Å². The lowest BCUT2D eigenvalue weighted by atomic mass is 9.95. The highest BCUT2D eigenvalue weighted by molar-refractivity contribution is 6.19. The maximum absolute atomic E-state index is 13.3. The molecule has 1 saturated carbocycles. The van der Waals surface area contributed by atoms with Gasteiger partial charge in [0.1, 0.15) is 5.82 Å². The molecule has 4 rings (SSSR count). The van der Waals surface area contributed by atoms with Gasteiger partial charge in [-0.05, 0) is 43.4 Å². The second-order valence-corrected chi connectivity index (χ2v) is 9.51. The smallest absolute Gasteiger partial charge is 0.270 e. The van der Waals surface area contributed by atoms with E-state index in [1.165, 1.54) is 5.01 Å². The SMILES string of the molecule is CC(NC1C=C2N(CC(C)(C)C)C(=O)C(C(=O)NC3CC3)=C(O)N2N1)c1ccccn1. The highest BCUT2D eigenvalue weighted by Crippen LogP contribution is 2.32. The van der Waals surface area contributed by atoms with Crippen LogP contribution in [-0.2, 0) is 9.59 Å². The minimum absolute atomic E-state index is 0.0765. The molecule has 0 radical (unpaired) electrons. The Morgan fingerprint density at radius 3 is 2.71 bits per heavy atom. The van der Waals surface area contributed by atoms with Crippen LogP contribution in [0.25, 0.3) is 0 Å². The number of rotatable bonds is 6. The molecule has 1 aromatic heterocycles. The number of nitrogens with one attached hydrogen (secondary N) is 3. The summed E-state index contributed by atoms with van der Waals surface area (Å²) in [6.45, 7) is 8.45. The molecule has 9 heteroatoms. The number of hydrogen-bond donors (Lipinski definition) is 4. The quantitative estimate of drug-likeness (QED) is 0.512. The van der Waals surface area contributed by atoms with Crippen LogP contribution in [0, 0.1) is 5.41 Å². The molecule has 0 saturated heterocycles. The maximum Gasteiger partial charge on any atom is 0.270 e. The molecule has 9 nitrogen and oxygen atoms in total. The van der Waals surface area contributed by atoms with Gasteiger partial charge in [0.2, 0.25) is 5.88 Å². The summed E-state index contributed by atoms with van der Waals surface area (Å²) in [6.07, 6.45) is 5.00. The Bertz CT molecular complexity index is 932. The van der Waals surface area contributed by atoms with Crippen LogP contribution in [0.2, 0.25) is 0 Å². The van der Waals surface area contributed by atoms with Crippen LogP contribution in [0.1, 0.15) is 52.3 Å². The number of pyridine rings is 1. The number of aromatic nitrogens is 1. The van der Waals surface area contributed by atoms with Crippen molar-refractivity contribution in [3.63, 3.8) is 0 Å². The number of aliphatic hydroxyl groups excluding tert-OH is 1. The van der Waals surface area contributed by atoms with Gasteiger partial charge in [-0.3, -0.25) is 24.8 Å². The van der Waals surface area contributed by atoms with Crippen LogP contribution in [0.4, 0.5) is 0 Å². The van der Waals surface area contributed by atoms with Gasteiger partial charge in [-0.1, -0.05) is 26.8 Å². The summed E-state index contributed by atoms with van der Waals surface area (Å²) in [7, 11) is 0. The fourth-order valence-electron chi connectivity index (χ4n) is 3.68. The summed E-state index contributed by atoms with van der Waals surface area (Å²) in [5.41, 5.74) is 3.58. The topological polar surface area (TPSA) is 110 Å². The lowest BCUT2D eigenvalue weighted by Gasteiger charge is -2.38. The first-order valence-electron chi connectivity index (χ1n) is 10.6. The normalized spacial score (nSPS) is 22.4. The zero-order chi connectivity index (χ0) is 22.3. The number of hydrogen-bond acceptors (Lipinski definition) is 7. The Morgan fingerprint density at radius 2 is 2.10 bits per heavy atom. The molecular weight excluding hydrogens is 396 g/mol. The number of aliphatic hydroxyl groups is 1. The van der Waals surface area contributed by atoms with Crippen LogP contribution in [0.5, 0.6) is 0 Å². The number of fused-ring (bicyclic) bond motifs is 1. The van der Waals surface area contributed by atoms with Gasteiger partial charge in [0.25, 0.3) is 11.8 Å². The molecule has 3 aliphatic rings. The number of hydrazine groups is 1. The predicted octanol–water partition coefficient (Wildman–Crippen LogP) is 1.66. The van der Waals surface area contributed by atoms with Crippen molar-refractivity contribution in [2.75, 3.05) is 6.54 Å². The Hall–Kier alpha value is -2.91. The first kappa shape index (κ1) is 21.3. The van der Waals surface area contributed by atoms with Crippen LogP contribution in [-0.4, -0.2) is 50.6 Å². The van der Waals surface area contributed by atoms with Crippen molar-refractivity contribution < 1.29 is 14.7 Å². The summed E-state index contributed by atoms with van der Waals surface area (Å²) in [6, 6.07) is 5.72. The molecule has 2 amide bonds. The zero-order valence-corrected chi connectivity index (χ0v) is 18.3. The molecule has 166 valence electrons. The van der Waals surface area contributed by atoms with Gasteiger partial charge in [0.05, 0.1) is 11.9 Å². The summed E-state index contributed by atoms with van der Waals surface area (Å²) < 4.78 is 0. The second-order valence-electron chi connectivity index (χ2n) is 9.51. The van der Waals surface area contributed by atoms with E-state index in [1.807, 2.05) is 52.0 Å². The van der Waals surface area contributed by atoms with E-state index in [9.17, 15) is 14.7 Å². The predicted molar refractivity (Wildman–Crippen MR) is 115 cm³/mol. The maximum atomic E-state index is 13.3. The van der Waals surface area contributed by atoms with E-state index < -0.39 is 11.8 Å². The van der Waals surface area contributed by atoms with Crippen molar-refractivity contribution in [3.05, 3.63) is 53.4 Å². The third-order valence-corrected chi connectivity index (χ3v) is 5.32. The lowest BCUT2D eigenvalue weighted by molar-refractivity contribution is -0.133. The molecular formula is C22H30N6O3. The molecule has 1 aromatic rings. The van der Waals surface area contributed by atoms with Crippen molar-refractivity contribution in [1.29, 1.82) is 0 Å². The molecule has 4 N–H and O–H groups in total. The number of nitrogens with zero attached hydrogens (tertiary/aromatic N) is 3. The summed E-state index contributed by atoms with van der Waals surface area (Å²) in [4.78, 5) is 31.9. The van der Waals surface area contributed by atoms with Gasteiger partial charge in [-0.25, -0.2) is 10.4 Å². The van der Waals surface area contributed by atoms with Crippen LogP contribution < -0.4 is 16.1 Å². The van der Waals surface area contributed by atoms with E-state index in [0.29, 0.717) is 12.4 Å². The van der Waals surface area contributed by atoms with Gasteiger partial charge in [-0.2, -0.15) is 0 Å². The third-order valence-electron chi connectivity index (χ3n) is 5.32. The van der Waals surface area contributed by atoms with Crippen molar-refractivity contribution in [1.82, 2.24) is 31.0 Å².